The Kier molecular flexibility index (Phi) is 4.36. The van der Waals surface area contributed by atoms with Crippen LogP contribution in [0.25, 0.3) is 6.08 Å². The van der Waals surface area contributed by atoms with E-state index in [0.717, 1.165) is 11.3 Å². The first-order valence-corrected chi connectivity index (χ1v) is 8.02. The Bertz CT molecular complexity index is 800. The molecule has 2 aromatic rings. The summed E-state index contributed by atoms with van der Waals surface area (Å²) in [4.78, 5) is 14.5. The summed E-state index contributed by atoms with van der Waals surface area (Å²) in [6.45, 7) is 0. The van der Waals surface area contributed by atoms with E-state index in [2.05, 4.69) is 0 Å². The second-order valence-corrected chi connectivity index (χ2v) is 6.45. The molecule has 1 saturated heterocycles. The number of thiocarbonyl (C=S) groups is 1. The number of carbonyl (C=O) groups excluding carboxylic acids is 1. The van der Waals surface area contributed by atoms with Gasteiger partial charge >= 0.3 is 0 Å². The highest BCUT2D eigenvalue weighted by atomic mass is 32.2. The summed E-state index contributed by atoms with van der Waals surface area (Å²) in [5.74, 6) is 0.538. The monoisotopic (exact) mass is 343 g/mol. The van der Waals surface area contributed by atoms with Crippen LogP contribution in [0.2, 0.25) is 0 Å². The molecule has 1 amide bonds. The number of carbonyl (C=O) groups is 1. The number of amides is 1. The van der Waals surface area contributed by atoms with Crippen LogP contribution in [0, 0.1) is 0 Å². The molecular weight excluding hydrogens is 330 g/mol. The maximum atomic E-state index is 12.6. The van der Waals surface area contributed by atoms with E-state index in [-0.39, 0.29) is 11.7 Å². The van der Waals surface area contributed by atoms with Crippen molar-refractivity contribution in [3.63, 3.8) is 0 Å². The summed E-state index contributed by atoms with van der Waals surface area (Å²) in [5.41, 5.74) is 1.27. The number of ether oxygens (including phenoxy) is 1. The number of phenols is 1. The number of hydrogen-bond acceptors (Lipinski definition) is 5. The number of anilines is 1. The molecule has 0 bridgehead atoms. The maximum Gasteiger partial charge on any atom is 0.270 e. The highest BCUT2D eigenvalue weighted by Crippen LogP contribution is 2.39. The number of nitrogens with zero attached hydrogens (tertiary/aromatic N) is 1. The lowest BCUT2D eigenvalue weighted by Gasteiger charge is -2.15. The molecule has 0 atom stereocenters. The summed E-state index contributed by atoms with van der Waals surface area (Å²) in [6.07, 6.45) is 1.78. The molecule has 1 aliphatic heterocycles. The zero-order valence-corrected chi connectivity index (χ0v) is 13.9. The predicted molar refractivity (Wildman–Crippen MR) is 96.8 cm³/mol. The van der Waals surface area contributed by atoms with Crippen LogP contribution in [0.5, 0.6) is 11.5 Å². The topological polar surface area (TPSA) is 49.8 Å². The number of phenolic OH excluding ortho intramolecular Hbond substituents is 1. The van der Waals surface area contributed by atoms with Crippen LogP contribution >= 0.6 is 24.0 Å². The van der Waals surface area contributed by atoms with Crippen LogP contribution in [0.3, 0.4) is 0 Å². The van der Waals surface area contributed by atoms with Gasteiger partial charge in [0.15, 0.2) is 4.32 Å². The quantitative estimate of drug-likeness (QED) is 0.678. The zero-order chi connectivity index (χ0) is 16.4. The van der Waals surface area contributed by atoms with E-state index in [1.54, 1.807) is 31.4 Å². The van der Waals surface area contributed by atoms with Crippen molar-refractivity contribution in [1.82, 2.24) is 0 Å². The summed E-state index contributed by atoms with van der Waals surface area (Å²) in [5, 5.41) is 9.94. The molecule has 0 unspecified atom stereocenters. The molecule has 23 heavy (non-hydrogen) atoms. The van der Waals surface area contributed by atoms with Crippen LogP contribution in [0.4, 0.5) is 5.69 Å². The highest BCUT2D eigenvalue weighted by Gasteiger charge is 2.34. The van der Waals surface area contributed by atoms with Crippen LogP contribution < -0.4 is 9.64 Å². The van der Waals surface area contributed by atoms with Crippen molar-refractivity contribution >= 4 is 46.0 Å². The third-order valence-corrected chi connectivity index (χ3v) is 4.63. The number of aromatic hydroxyl groups is 1. The van der Waals surface area contributed by atoms with Gasteiger partial charge in [0.25, 0.3) is 5.91 Å². The minimum absolute atomic E-state index is 0.0227. The number of hydrogen-bond donors (Lipinski definition) is 1. The van der Waals surface area contributed by atoms with Crippen molar-refractivity contribution in [3.8, 4) is 11.5 Å². The van der Waals surface area contributed by atoms with Crippen LogP contribution in [0.1, 0.15) is 5.56 Å². The van der Waals surface area contributed by atoms with Gasteiger partial charge in [-0.2, -0.15) is 0 Å². The van der Waals surface area contributed by atoms with Crippen molar-refractivity contribution in [1.29, 1.82) is 0 Å². The summed E-state index contributed by atoms with van der Waals surface area (Å²) in [7, 11) is 1.60. The molecule has 1 fully saturated rings. The third kappa shape index (κ3) is 3.09. The number of benzene rings is 2. The lowest BCUT2D eigenvalue weighted by atomic mass is 10.2. The molecule has 0 aliphatic carbocycles. The Labute approximate surface area is 143 Å². The van der Waals surface area contributed by atoms with E-state index >= 15 is 0 Å². The molecule has 1 aliphatic rings. The Hall–Kier alpha value is -2.31. The predicted octanol–water partition coefficient (Wildman–Crippen LogP) is 3.81. The van der Waals surface area contributed by atoms with Gasteiger partial charge in [0, 0.05) is 0 Å². The molecule has 2 aromatic carbocycles. The normalized spacial score (nSPS) is 16.2. The number of thioether (sulfide) groups is 1. The Morgan fingerprint density at radius 2 is 1.87 bits per heavy atom. The molecule has 3 rings (SSSR count). The molecule has 4 nitrogen and oxygen atoms in total. The van der Waals surface area contributed by atoms with Crippen LogP contribution in [0.15, 0.2) is 53.4 Å². The fourth-order valence-corrected chi connectivity index (χ4v) is 3.47. The van der Waals surface area contributed by atoms with Crippen molar-refractivity contribution < 1.29 is 14.6 Å². The van der Waals surface area contributed by atoms with E-state index in [1.807, 2.05) is 24.3 Å². The van der Waals surface area contributed by atoms with Gasteiger partial charge in [-0.1, -0.05) is 48.2 Å². The summed E-state index contributed by atoms with van der Waals surface area (Å²) >= 11 is 6.50. The first-order chi connectivity index (χ1) is 11.1. The van der Waals surface area contributed by atoms with Crippen LogP contribution in [-0.2, 0) is 4.79 Å². The third-order valence-electron chi connectivity index (χ3n) is 3.33. The average molecular weight is 343 g/mol. The van der Waals surface area contributed by atoms with Gasteiger partial charge in [0.05, 0.1) is 17.7 Å². The Balaban J connectivity index is 1.91. The number of para-hydroxylation sites is 2. The molecular formula is C17H13NO3S2. The molecule has 1 N–H and O–H groups in total. The van der Waals surface area contributed by atoms with Gasteiger partial charge in [-0.05, 0) is 35.9 Å². The fraction of sp³-hybridized carbons (Fsp3) is 0.0588. The first-order valence-electron chi connectivity index (χ1n) is 6.80. The van der Waals surface area contributed by atoms with E-state index in [4.69, 9.17) is 17.0 Å². The smallest absolute Gasteiger partial charge is 0.270 e. The second-order valence-electron chi connectivity index (χ2n) is 4.78. The van der Waals surface area contributed by atoms with Crippen molar-refractivity contribution in [2.45, 2.75) is 0 Å². The molecule has 6 heteroatoms. The first kappa shape index (κ1) is 15.6. The SMILES string of the molecule is COc1ccc(/C=C2\SC(=S)N(c3ccccc3O)C2=O)cc1. The van der Waals surface area contributed by atoms with Gasteiger partial charge < -0.3 is 9.84 Å². The number of methoxy groups -OCH3 is 1. The van der Waals surface area contributed by atoms with Crippen LogP contribution in [-0.4, -0.2) is 22.4 Å². The summed E-state index contributed by atoms with van der Waals surface area (Å²) < 4.78 is 5.52. The Morgan fingerprint density at radius 3 is 2.52 bits per heavy atom. The van der Waals surface area contributed by atoms with E-state index in [1.165, 1.54) is 22.7 Å². The maximum absolute atomic E-state index is 12.6. The zero-order valence-electron chi connectivity index (χ0n) is 12.2. The minimum Gasteiger partial charge on any atom is -0.506 e. The standard InChI is InChI=1S/C17H13NO3S2/c1-21-12-8-6-11(7-9-12)10-15-16(20)18(17(22)23-15)13-4-2-3-5-14(13)19/h2-10,19H,1H3/b15-10-. The van der Waals surface area contributed by atoms with Gasteiger partial charge in [-0.3, -0.25) is 9.69 Å². The van der Waals surface area contributed by atoms with Crippen molar-refractivity contribution in [2.75, 3.05) is 12.0 Å². The minimum atomic E-state index is -0.239. The number of rotatable bonds is 3. The molecule has 0 spiro atoms. The fourth-order valence-electron chi connectivity index (χ4n) is 2.18. The lowest BCUT2D eigenvalue weighted by molar-refractivity contribution is -0.113. The molecule has 116 valence electrons. The highest BCUT2D eigenvalue weighted by molar-refractivity contribution is 8.27. The van der Waals surface area contributed by atoms with Gasteiger partial charge in [-0.25, -0.2) is 0 Å². The molecule has 0 aromatic heterocycles. The van der Waals surface area contributed by atoms with E-state index < -0.39 is 0 Å². The van der Waals surface area contributed by atoms with E-state index in [9.17, 15) is 9.90 Å². The van der Waals surface area contributed by atoms with Crippen molar-refractivity contribution in [2.24, 2.45) is 0 Å². The van der Waals surface area contributed by atoms with Gasteiger partial charge in [-0.15, -0.1) is 0 Å². The Morgan fingerprint density at radius 1 is 1.17 bits per heavy atom. The molecule has 0 radical (unpaired) electrons. The van der Waals surface area contributed by atoms with Gasteiger partial charge in [0.2, 0.25) is 0 Å². The largest absolute Gasteiger partial charge is 0.506 e. The molecule has 0 saturated carbocycles. The van der Waals surface area contributed by atoms with Crippen molar-refractivity contribution in [3.05, 3.63) is 59.0 Å². The average Bonchev–Trinajstić information content (AvgIpc) is 2.83. The van der Waals surface area contributed by atoms with E-state index in [0.29, 0.717) is 14.9 Å². The van der Waals surface area contributed by atoms with Gasteiger partial charge in [0.1, 0.15) is 11.5 Å². The lowest BCUT2D eigenvalue weighted by Crippen LogP contribution is -2.27. The molecule has 1 heterocycles. The summed E-state index contributed by atoms with van der Waals surface area (Å²) in [6, 6.07) is 14.0. The second kappa shape index (κ2) is 6.44.